The predicted octanol–water partition coefficient (Wildman–Crippen LogP) is 0.515. The van der Waals surface area contributed by atoms with E-state index in [0.29, 0.717) is 30.5 Å². The van der Waals surface area contributed by atoms with Crippen LogP contribution in [0.2, 0.25) is 0 Å². The Morgan fingerprint density at radius 2 is 2.05 bits per heavy atom. The molecule has 1 saturated heterocycles. The Labute approximate surface area is 115 Å². The monoisotopic (exact) mass is 294 g/mol. The zero-order valence-corrected chi connectivity index (χ0v) is 11.5. The van der Waals surface area contributed by atoms with Gasteiger partial charge in [0.2, 0.25) is 10.0 Å². The largest absolute Gasteiger partial charge is 0.423 e. The van der Waals surface area contributed by atoms with Crippen LogP contribution in [0.15, 0.2) is 44.4 Å². The van der Waals surface area contributed by atoms with Gasteiger partial charge in [-0.05, 0) is 30.7 Å². The van der Waals surface area contributed by atoms with Gasteiger partial charge in [-0.25, -0.2) is 13.2 Å². The summed E-state index contributed by atoms with van der Waals surface area (Å²) < 4.78 is 31.3. The smallest absolute Gasteiger partial charge is 0.336 e. The van der Waals surface area contributed by atoms with E-state index in [0.717, 1.165) is 0 Å². The number of hydrogen-bond acceptors (Lipinski definition) is 5. The van der Waals surface area contributed by atoms with Crippen LogP contribution in [0, 0.1) is 0 Å². The molecule has 6 nitrogen and oxygen atoms in total. The minimum Gasteiger partial charge on any atom is -0.423 e. The molecular formula is C13H14N2O4S. The molecule has 1 aromatic heterocycles. The first kappa shape index (κ1) is 13.3. The lowest BCUT2D eigenvalue weighted by Gasteiger charge is -2.16. The average molecular weight is 294 g/mol. The number of rotatable bonds is 2. The minimum atomic E-state index is -3.54. The molecule has 1 aliphatic heterocycles. The van der Waals surface area contributed by atoms with Crippen molar-refractivity contribution in [3.05, 3.63) is 40.8 Å². The van der Waals surface area contributed by atoms with Crippen LogP contribution in [0.4, 0.5) is 0 Å². The summed E-state index contributed by atoms with van der Waals surface area (Å²) in [7, 11) is -3.54. The van der Waals surface area contributed by atoms with Crippen LogP contribution >= 0.6 is 0 Å². The zero-order chi connectivity index (χ0) is 14.3. The Kier molecular flexibility index (Phi) is 3.12. The highest BCUT2D eigenvalue weighted by molar-refractivity contribution is 7.89. The topological polar surface area (TPSA) is 93.6 Å². The zero-order valence-electron chi connectivity index (χ0n) is 10.7. The van der Waals surface area contributed by atoms with Crippen molar-refractivity contribution in [3.63, 3.8) is 0 Å². The molecule has 0 spiro atoms. The first-order chi connectivity index (χ1) is 9.46. The number of hydrogen-bond donors (Lipinski definition) is 1. The molecule has 1 aliphatic rings. The molecule has 1 atom stereocenters. The lowest BCUT2D eigenvalue weighted by molar-refractivity contribution is 0.472. The van der Waals surface area contributed by atoms with Crippen molar-refractivity contribution in [3.8, 4) is 0 Å². The normalized spacial score (nSPS) is 20.6. The molecule has 1 aromatic carbocycles. The molecule has 2 aromatic rings. The molecule has 0 amide bonds. The van der Waals surface area contributed by atoms with E-state index in [-0.39, 0.29) is 10.9 Å². The maximum Gasteiger partial charge on any atom is 0.336 e. The summed E-state index contributed by atoms with van der Waals surface area (Å²) in [6.07, 6.45) is 0.668. The van der Waals surface area contributed by atoms with Crippen LogP contribution < -0.4 is 11.4 Å². The molecule has 20 heavy (non-hydrogen) atoms. The molecular weight excluding hydrogens is 280 g/mol. The van der Waals surface area contributed by atoms with Gasteiger partial charge in [0.1, 0.15) is 5.58 Å². The molecule has 2 N–H and O–H groups in total. The second-order valence-corrected chi connectivity index (χ2v) is 6.80. The fourth-order valence-corrected chi connectivity index (χ4v) is 3.88. The van der Waals surface area contributed by atoms with E-state index in [4.69, 9.17) is 10.2 Å². The second-order valence-electron chi connectivity index (χ2n) is 4.87. The Morgan fingerprint density at radius 1 is 1.25 bits per heavy atom. The van der Waals surface area contributed by atoms with E-state index >= 15 is 0 Å². The number of benzene rings is 1. The summed E-state index contributed by atoms with van der Waals surface area (Å²) in [5, 5.41) is 0.578. The van der Waals surface area contributed by atoms with Gasteiger partial charge in [-0.2, -0.15) is 4.31 Å². The first-order valence-corrected chi connectivity index (χ1v) is 7.70. The quantitative estimate of drug-likeness (QED) is 0.815. The molecule has 0 aliphatic carbocycles. The van der Waals surface area contributed by atoms with Gasteiger partial charge < -0.3 is 10.2 Å². The first-order valence-electron chi connectivity index (χ1n) is 6.26. The van der Waals surface area contributed by atoms with Gasteiger partial charge in [-0.3, -0.25) is 0 Å². The van der Waals surface area contributed by atoms with Crippen LogP contribution in [0.5, 0.6) is 0 Å². The lowest BCUT2D eigenvalue weighted by atomic mass is 10.2. The minimum absolute atomic E-state index is 0.108. The maximum atomic E-state index is 12.5. The third kappa shape index (κ3) is 2.24. The van der Waals surface area contributed by atoms with Gasteiger partial charge in [0.15, 0.2) is 0 Å². The van der Waals surface area contributed by atoms with Gasteiger partial charge in [0, 0.05) is 30.6 Å². The molecule has 106 valence electrons. The van der Waals surface area contributed by atoms with Gasteiger partial charge in [0.05, 0.1) is 4.90 Å². The number of nitrogens with two attached hydrogens (primary N) is 1. The fraction of sp³-hybridized carbons (Fsp3) is 0.308. The van der Waals surface area contributed by atoms with E-state index in [1.807, 2.05) is 0 Å². The molecule has 0 unspecified atom stereocenters. The number of fused-ring (bicyclic) bond motifs is 1. The number of sulfonamides is 1. The Morgan fingerprint density at radius 3 is 2.75 bits per heavy atom. The Bertz CT molecular complexity index is 812. The summed E-state index contributed by atoms with van der Waals surface area (Å²) >= 11 is 0. The van der Waals surface area contributed by atoms with Crippen LogP contribution in [0.1, 0.15) is 6.42 Å². The highest BCUT2D eigenvalue weighted by Gasteiger charge is 2.30. The standard InChI is InChI=1S/C13H14N2O4S/c14-10-5-6-15(8-10)20(17,18)11-2-3-12-9(7-11)1-4-13(16)19-12/h1-4,7,10H,5-6,8,14H2/t10-/m1/s1. The van der Waals surface area contributed by atoms with Crippen molar-refractivity contribution in [2.45, 2.75) is 17.4 Å². The van der Waals surface area contributed by atoms with E-state index in [1.165, 1.54) is 28.6 Å². The molecule has 2 heterocycles. The van der Waals surface area contributed by atoms with Gasteiger partial charge >= 0.3 is 5.63 Å². The van der Waals surface area contributed by atoms with Gasteiger partial charge in [-0.15, -0.1) is 0 Å². The van der Waals surface area contributed by atoms with Crippen molar-refractivity contribution in [2.24, 2.45) is 5.73 Å². The van der Waals surface area contributed by atoms with Gasteiger partial charge in [0.25, 0.3) is 0 Å². The van der Waals surface area contributed by atoms with Crippen LogP contribution in [0.3, 0.4) is 0 Å². The Balaban J connectivity index is 2.05. The third-order valence-electron chi connectivity index (χ3n) is 3.42. The highest BCUT2D eigenvalue weighted by Crippen LogP contribution is 2.23. The molecule has 0 saturated carbocycles. The van der Waals surface area contributed by atoms with E-state index in [2.05, 4.69) is 0 Å². The van der Waals surface area contributed by atoms with Crippen molar-refractivity contribution in [1.82, 2.24) is 4.31 Å². The SMILES string of the molecule is N[C@@H]1CCN(S(=O)(=O)c2ccc3oc(=O)ccc3c2)C1. The van der Waals surface area contributed by atoms with E-state index in [9.17, 15) is 13.2 Å². The van der Waals surface area contributed by atoms with E-state index in [1.54, 1.807) is 6.07 Å². The van der Waals surface area contributed by atoms with Crippen LogP contribution in [-0.4, -0.2) is 31.9 Å². The Hall–Kier alpha value is -1.70. The number of nitrogens with zero attached hydrogens (tertiary/aromatic N) is 1. The average Bonchev–Trinajstić information content (AvgIpc) is 2.85. The summed E-state index contributed by atoms with van der Waals surface area (Å²) in [5.41, 5.74) is 5.66. The van der Waals surface area contributed by atoms with Crippen LogP contribution in [-0.2, 0) is 10.0 Å². The molecule has 3 rings (SSSR count). The molecule has 7 heteroatoms. The molecule has 1 fully saturated rings. The second kappa shape index (κ2) is 4.69. The van der Waals surface area contributed by atoms with Crippen molar-refractivity contribution in [1.29, 1.82) is 0 Å². The predicted molar refractivity (Wildman–Crippen MR) is 73.8 cm³/mol. The summed E-state index contributed by atoms with van der Waals surface area (Å²) in [4.78, 5) is 11.3. The van der Waals surface area contributed by atoms with Crippen molar-refractivity contribution < 1.29 is 12.8 Å². The summed E-state index contributed by atoms with van der Waals surface area (Å²) in [5.74, 6) is 0. The molecule has 0 radical (unpaired) electrons. The fourth-order valence-electron chi connectivity index (χ4n) is 2.33. The van der Waals surface area contributed by atoms with Gasteiger partial charge in [-0.1, -0.05) is 0 Å². The van der Waals surface area contributed by atoms with Crippen molar-refractivity contribution >= 4 is 21.0 Å². The summed E-state index contributed by atoms with van der Waals surface area (Å²) in [6.45, 7) is 0.773. The third-order valence-corrected chi connectivity index (χ3v) is 5.28. The molecule has 0 bridgehead atoms. The van der Waals surface area contributed by atoms with Crippen molar-refractivity contribution in [2.75, 3.05) is 13.1 Å². The van der Waals surface area contributed by atoms with E-state index < -0.39 is 15.6 Å². The maximum absolute atomic E-state index is 12.5. The van der Waals surface area contributed by atoms with Crippen LogP contribution in [0.25, 0.3) is 11.0 Å². The highest BCUT2D eigenvalue weighted by atomic mass is 32.2. The lowest BCUT2D eigenvalue weighted by Crippen LogP contribution is -2.31. The summed E-state index contributed by atoms with van der Waals surface area (Å²) in [6, 6.07) is 7.17.